The van der Waals surface area contributed by atoms with Gasteiger partial charge in [-0.25, -0.2) is 4.79 Å². The quantitative estimate of drug-likeness (QED) is 0.575. The molecule has 2 atom stereocenters. The molecule has 1 heterocycles. The van der Waals surface area contributed by atoms with Crippen molar-refractivity contribution in [2.45, 2.75) is 38.4 Å². The normalized spacial score (nSPS) is 20.0. The second-order valence-electron chi connectivity index (χ2n) is 4.96. The van der Waals surface area contributed by atoms with E-state index < -0.39 is 12.1 Å². The second-order valence-corrected chi connectivity index (χ2v) is 6.25. The van der Waals surface area contributed by atoms with Gasteiger partial charge >= 0.3 is 5.97 Å². The Kier molecular flexibility index (Phi) is 6.48. The maximum absolute atomic E-state index is 12.0. The molecule has 1 aromatic carbocycles. The Balaban J connectivity index is 1.81. The number of esters is 1. The zero-order valence-electron chi connectivity index (χ0n) is 11.8. The van der Waals surface area contributed by atoms with E-state index >= 15 is 0 Å². The highest BCUT2D eigenvalue weighted by Crippen LogP contribution is 2.28. The van der Waals surface area contributed by atoms with E-state index in [1.165, 1.54) is 0 Å². The Bertz CT molecular complexity index is 489. The molecule has 1 aliphatic heterocycles. The zero-order valence-corrected chi connectivity index (χ0v) is 14.2. The minimum Gasteiger partial charge on any atom is -0.423 e. The number of halogens is 2. The third-order valence-electron chi connectivity index (χ3n) is 3.24. The van der Waals surface area contributed by atoms with Crippen LogP contribution in [0.15, 0.2) is 22.7 Å². The first kappa shape index (κ1) is 16.7. The van der Waals surface area contributed by atoms with Gasteiger partial charge < -0.3 is 14.2 Å². The SMILES string of the molecule is CC(OCC1CCCCO1)C(=O)Oc1ccc(Cl)cc1Br. The van der Waals surface area contributed by atoms with Crippen LogP contribution in [0.3, 0.4) is 0 Å². The van der Waals surface area contributed by atoms with Crippen molar-refractivity contribution in [2.24, 2.45) is 0 Å². The van der Waals surface area contributed by atoms with Gasteiger partial charge in [0.15, 0.2) is 6.10 Å². The standard InChI is InChI=1S/C15H18BrClO4/c1-10(20-9-12-4-2-3-7-19-12)15(18)21-14-6-5-11(17)8-13(14)16/h5-6,8,10,12H,2-4,7,9H2,1H3. The van der Waals surface area contributed by atoms with Gasteiger partial charge in [-0.1, -0.05) is 11.6 Å². The Labute approximate surface area is 137 Å². The molecule has 0 N–H and O–H groups in total. The van der Waals surface area contributed by atoms with E-state index in [2.05, 4.69) is 15.9 Å². The van der Waals surface area contributed by atoms with Crippen molar-refractivity contribution in [3.8, 4) is 5.75 Å². The van der Waals surface area contributed by atoms with Crippen LogP contribution in [0.25, 0.3) is 0 Å². The molecule has 1 aliphatic rings. The fraction of sp³-hybridized carbons (Fsp3) is 0.533. The van der Waals surface area contributed by atoms with Crippen LogP contribution >= 0.6 is 27.5 Å². The van der Waals surface area contributed by atoms with Gasteiger partial charge in [0.05, 0.1) is 17.2 Å². The lowest BCUT2D eigenvalue weighted by atomic mass is 10.1. The molecule has 2 unspecified atom stereocenters. The topological polar surface area (TPSA) is 44.8 Å². The molecule has 116 valence electrons. The molecule has 2 rings (SSSR count). The summed E-state index contributed by atoms with van der Waals surface area (Å²) < 4.78 is 17.0. The van der Waals surface area contributed by atoms with E-state index in [0.717, 1.165) is 25.9 Å². The van der Waals surface area contributed by atoms with E-state index in [-0.39, 0.29) is 6.10 Å². The summed E-state index contributed by atoms with van der Waals surface area (Å²) in [5, 5.41) is 0.570. The van der Waals surface area contributed by atoms with Crippen LogP contribution in [0.2, 0.25) is 5.02 Å². The largest absolute Gasteiger partial charge is 0.423 e. The van der Waals surface area contributed by atoms with E-state index in [9.17, 15) is 4.79 Å². The van der Waals surface area contributed by atoms with Gasteiger partial charge in [-0.15, -0.1) is 0 Å². The van der Waals surface area contributed by atoms with Crippen LogP contribution in [0.5, 0.6) is 5.75 Å². The number of ether oxygens (including phenoxy) is 3. The van der Waals surface area contributed by atoms with Gasteiger partial charge in [0.25, 0.3) is 0 Å². The minimum atomic E-state index is -0.641. The summed E-state index contributed by atoms with van der Waals surface area (Å²) in [4.78, 5) is 12.0. The molecule has 21 heavy (non-hydrogen) atoms. The summed E-state index contributed by atoms with van der Waals surface area (Å²) in [5.74, 6) is -0.0115. The van der Waals surface area contributed by atoms with Crippen LogP contribution in [0.1, 0.15) is 26.2 Å². The van der Waals surface area contributed by atoms with Crippen molar-refractivity contribution in [3.05, 3.63) is 27.7 Å². The summed E-state index contributed by atoms with van der Waals surface area (Å²) >= 11 is 9.15. The molecular formula is C15H18BrClO4. The van der Waals surface area contributed by atoms with E-state index in [0.29, 0.717) is 21.9 Å². The lowest BCUT2D eigenvalue weighted by Crippen LogP contribution is -2.31. The predicted molar refractivity (Wildman–Crippen MR) is 83.8 cm³/mol. The Morgan fingerprint density at radius 2 is 2.33 bits per heavy atom. The van der Waals surface area contributed by atoms with Gasteiger partial charge in [-0.2, -0.15) is 0 Å². The molecule has 0 saturated carbocycles. The molecule has 0 aromatic heterocycles. The third kappa shape index (κ3) is 5.25. The van der Waals surface area contributed by atoms with Crippen molar-refractivity contribution in [1.82, 2.24) is 0 Å². The summed E-state index contributed by atoms with van der Waals surface area (Å²) in [5.41, 5.74) is 0. The molecule has 0 radical (unpaired) electrons. The molecule has 0 bridgehead atoms. The van der Waals surface area contributed by atoms with Crippen LogP contribution in [-0.4, -0.2) is 31.4 Å². The molecule has 1 saturated heterocycles. The first-order valence-electron chi connectivity index (χ1n) is 6.96. The van der Waals surface area contributed by atoms with Crippen LogP contribution < -0.4 is 4.74 Å². The van der Waals surface area contributed by atoms with Gasteiger partial charge in [0.1, 0.15) is 5.75 Å². The maximum Gasteiger partial charge on any atom is 0.340 e. The fourth-order valence-electron chi connectivity index (χ4n) is 2.01. The highest BCUT2D eigenvalue weighted by molar-refractivity contribution is 9.10. The van der Waals surface area contributed by atoms with Gasteiger partial charge in [0, 0.05) is 11.6 Å². The van der Waals surface area contributed by atoms with Gasteiger partial charge in [0.2, 0.25) is 0 Å². The molecule has 1 aromatic rings. The second kappa shape index (κ2) is 8.13. The third-order valence-corrected chi connectivity index (χ3v) is 4.10. The van der Waals surface area contributed by atoms with Crippen molar-refractivity contribution < 1.29 is 19.0 Å². The first-order valence-corrected chi connectivity index (χ1v) is 8.13. The number of hydrogen-bond acceptors (Lipinski definition) is 4. The predicted octanol–water partition coefficient (Wildman–Crippen LogP) is 3.98. The minimum absolute atomic E-state index is 0.0799. The lowest BCUT2D eigenvalue weighted by molar-refractivity contribution is -0.149. The maximum atomic E-state index is 12.0. The van der Waals surface area contributed by atoms with E-state index in [4.69, 9.17) is 25.8 Å². The van der Waals surface area contributed by atoms with Crippen molar-refractivity contribution >= 4 is 33.5 Å². The number of carbonyl (C=O) groups excluding carboxylic acids is 1. The van der Waals surface area contributed by atoms with Crippen molar-refractivity contribution in [3.63, 3.8) is 0 Å². The summed E-state index contributed by atoms with van der Waals surface area (Å²) in [6, 6.07) is 4.98. The Hall–Kier alpha value is -0.620. The monoisotopic (exact) mass is 376 g/mol. The van der Waals surface area contributed by atoms with Gasteiger partial charge in [-0.3, -0.25) is 0 Å². The molecular weight excluding hydrogens is 360 g/mol. The van der Waals surface area contributed by atoms with Crippen LogP contribution in [0.4, 0.5) is 0 Å². The number of hydrogen-bond donors (Lipinski definition) is 0. The highest BCUT2D eigenvalue weighted by atomic mass is 79.9. The number of benzene rings is 1. The van der Waals surface area contributed by atoms with E-state index in [1.54, 1.807) is 25.1 Å². The molecule has 0 spiro atoms. The van der Waals surface area contributed by atoms with Gasteiger partial charge in [-0.05, 0) is 60.3 Å². The van der Waals surface area contributed by atoms with Crippen LogP contribution in [0, 0.1) is 0 Å². The molecule has 0 aliphatic carbocycles. The average molecular weight is 378 g/mol. The summed E-state index contributed by atoms with van der Waals surface area (Å²) in [7, 11) is 0. The fourth-order valence-corrected chi connectivity index (χ4v) is 2.77. The Morgan fingerprint density at radius 3 is 3.00 bits per heavy atom. The average Bonchev–Trinajstić information content (AvgIpc) is 2.48. The number of rotatable bonds is 5. The lowest BCUT2D eigenvalue weighted by Gasteiger charge is -2.23. The summed E-state index contributed by atoms with van der Waals surface area (Å²) in [6.07, 6.45) is 2.66. The molecule has 1 fully saturated rings. The van der Waals surface area contributed by atoms with Crippen LogP contribution in [-0.2, 0) is 14.3 Å². The first-order chi connectivity index (χ1) is 10.1. The van der Waals surface area contributed by atoms with Crippen molar-refractivity contribution in [1.29, 1.82) is 0 Å². The molecule has 0 amide bonds. The number of carbonyl (C=O) groups is 1. The molecule has 4 nitrogen and oxygen atoms in total. The summed E-state index contributed by atoms with van der Waals surface area (Å²) in [6.45, 7) is 2.86. The van der Waals surface area contributed by atoms with E-state index in [1.807, 2.05) is 0 Å². The zero-order chi connectivity index (χ0) is 15.2. The smallest absolute Gasteiger partial charge is 0.340 e. The van der Waals surface area contributed by atoms with Crippen molar-refractivity contribution in [2.75, 3.05) is 13.2 Å². The highest BCUT2D eigenvalue weighted by Gasteiger charge is 2.21. The molecule has 6 heteroatoms. The Morgan fingerprint density at radius 1 is 1.52 bits per heavy atom.